The van der Waals surface area contributed by atoms with Gasteiger partial charge in [-0.25, -0.2) is 4.79 Å². The molecular formula is C14H14INO4. The fraction of sp³-hybridized carbons (Fsp3) is 0.429. The minimum absolute atomic E-state index is 0.0972. The highest BCUT2D eigenvalue weighted by Gasteiger charge is 2.44. The number of benzene rings is 1. The van der Waals surface area contributed by atoms with Crippen LogP contribution >= 0.6 is 22.6 Å². The van der Waals surface area contributed by atoms with Crippen LogP contribution in [0.25, 0.3) is 0 Å². The van der Waals surface area contributed by atoms with Crippen molar-refractivity contribution in [1.82, 2.24) is 4.90 Å². The van der Waals surface area contributed by atoms with E-state index >= 15 is 0 Å². The highest BCUT2D eigenvalue weighted by Crippen LogP contribution is 2.40. The van der Waals surface area contributed by atoms with Gasteiger partial charge in [-0.2, -0.15) is 0 Å². The Morgan fingerprint density at radius 1 is 1.35 bits per heavy atom. The van der Waals surface area contributed by atoms with Gasteiger partial charge in [-0.3, -0.25) is 4.79 Å². The van der Waals surface area contributed by atoms with E-state index in [0.717, 1.165) is 3.57 Å². The molecule has 0 atom stereocenters. The van der Waals surface area contributed by atoms with Crippen molar-refractivity contribution in [1.29, 1.82) is 0 Å². The Balaban J connectivity index is 1.86. The first kappa shape index (κ1) is 13.7. The quantitative estimate of drug-likeness (QED) is 0.696. The molecule has 0 bridgehead atoms. The van der Waals surface area contributed by atoms with E-state index in [2.05, 4.69) is 22.6 Å². The Hall–Kier alpha value is -1.31. The van der Waals surface area contributed by atoms with E-state index in [1.165, 1.54) is 4.90 Å². The number of nitrogens with zero attached hydrogens (tertiary/aromatic N) is 1. The van der Waals surface area contributed by atoms with Crippen LogP contribution < -0.4 is 4.74 Å². The van der Waals surface area contributed by atoms with Gasteiger partial charge in [-0.1, -0.05) is 6.07 Å². The first-order valence-electron chi connectivity index (χ1n) is 6.49. The molecule has 106 valence electrons. The van der Waals surface area contributed by atoms with Crippen LogP contribution in [-0.4, -0.2) is 40.6 Å². The predicted octanol–water partition coefficient (Wildman–Crippen LogP) is 2.77. The average molecular weight is 387 g/mol. The van der Waals surface area contributed by atoms with Crippen molar-refractivity contribution < 1.29 is 19.4 Å². The van der Waals surface area contributed by atoms with E-state index < -0.39 is 11.7 Å². The monoisotopic (exact) mass is 387 g/mol. The van der Waals surface area contributed by atoms with E-state index in [1.54, 1.807) is 0 Å². The summed E-state index contributed by atoms with van der Waals surface area (Å²) in [5.41, 5.74) is 0.139. The molecule has 0 aromatic heterocycles. The van der Waals surface area contributed by atoms with Gasteiger partial charge in [0.05, 0.1) is 12.0 Å². The van der Waals surface area contributed by atoms with Gasteiger partial charge in [0.2, 0.25) is 0 Å². The van der Waals surface area contributed by atoms with Crippen molar-refractivity contribution in [3.8, 4) is 5.75 Å². The minimum atomic E-state index is -0.906. The van der Waals surface area contributed by atoms with E-state index in [0.29, 0.717) is 43.7 Å². The molecule has 1 aromatic rings. The Morgan fingerprint density at radius 2 is 2.05 bits per heavy atom. The molecule has 0 saturated carbocycles. The summed E-state index contributed by atoms with van der Waals surface area (Å²) in [6, 6.07) is 5.59. The van der Waals surface area contributed by atoms with Crippen LogP contribution in [0.4, 0.5) is 4.79 Å². The summed E-state index contributed by atoms with van der Waals surface area (Å²) >= 11 is 2.14. The second-order valence-corrected chi connectivity index (χ2v) is 6.43. The van der Waals surface area contributed by atoms with Crippen molar-refractivity contribution in [2.45, 2.75) is 24.9 Å². The SMILES string of the molecule is O=C1CC2(CCN(C(=O)O)CC2)Oc2cccc(I)c21. The van der Waals surface area contributed by atoms with Gasteiger partial charge in [0.15, 0.2) is 5.78 Å². The molecule has 1 amide bonds. The summed E-state index contributed by atoms with van der Waals surface area (Å²) in [5, 5.41) is 8.99. The molecule has 2 aliphatic rings. The molecule has 0 aliphatic carbocycles. The number of piperidine rings is 1. The third-order valence-corrected chi connectivity index (χ3v) is 4.91. The Kier molecular flexibility index (Phi) is 3.35. The lowest BCUT2D eigenvalue weighted by atomic mass is 9.82. The maximum atomic E-state index is 12.4. The predicted molar refractivity (Wildman–Crippen MR) is 80.3 cm³/mol. The Labute approximate surface area is 130 Å². The molecule has 1 spiro atoms. The van der Waals surface area contributed by atoms with E-state index in [9.17, 15) is 9.59 Å². The first-order valence-corrected chi connectivity index (χ1v) is 7.57. The lowest BCUT2D eigenvalue weighted by Gasteiger charge is -2.43. The molecular weight excluding hydrogens is 373 g/mol. The summed E-state index contributed by atoms with van der Waals surface area (Å²) < 4.78 is 7.00. The molecule has 1 fully saturated rings. The third kappa shape index (κ3) is 2.25. The Bertz CT molecular complexity index is 579. The average Bonchev–Trinajstić information content (AvgIpc) is 2.38. The standard InChI is InChI=1S/C14H14INO4/c15-9-2-1-3-11-12(9)10(17)8-14(20-11)4-6-16(7-5-14)13(18)19/h1-3H,4-8H2,(H,18,19). The van der Waals surface area contributed by atoms with Crippen LogP contribution in [0.5, 0.6) is 5.75 Å². The molecule has 6 heteroatoms. The van der Waals surface area contributed by atoms with Gasteiger partial charge >= 0.3 is 6.09 Å². The summed E-state index contributed by atoms with van der Waals surface area (Å²) in [6.45, 7) is 0.837. The second kappa shape index (κ2) is 4.91. The number of hydrogen-bond donors (Lipinski definition) is 1. The number of carboxylic acid groups (broad SMARTS) is 1. The van der Waals surface area contributed by atoms with Crippen LogP contribution in [0.15, 0.2) is 18.2 Å². The molecule has 1 aromatic carbocycles. The number of ketones is 1. The highest BCUT2D eigenvalue weighted by molar-refractivity contribution is 14.1. The molecule has 2 heterocycles. The number of carbonyl (C=O) groups is 2. The zero-order chi connectivity index (χ0) is 14.3. The number of fused-ring (bicyclic) bond motifs is 1. The van der Waals surface area contributed by atoms with Crippen molar-refractivity contribution in [2.24, 2.45) is 0 Å². The normalized spacial score (nSPS) is 20.4. The molecule has 2 aliphatic heterocycles. The van der Waals surface area contributed by atoms with Gasteiger partial charge in [0.25, 0.3) is 0 Å². The number of likely N-dealkylation sites (tertiary alicyclic amines) is 1. The van der Waals surface area contributed by atoms with E-state index in [1.807, 2.05) is 18.2 Å². The fourth-order valence-corrected chi connectivity index (χ4v) is 3.67. The first-order chi connectivity index (χ1) is 9.51. The van der Waals surface area contributed by atoms with Crippen LogP contribution in [0, 0.1) is 3.57 Å². The Morgan fingerprint density at radius 3 is 2.70 bits per heavy atom. The van der Waals surface area contributed by atoms with Gasteiger partial charge in [-0.05, 0) is 34.7 Å². The van der Waals surface area contributed by atoms with Crippen LogP contribution in [0.3, 0.4) is 0 Å². The number of amides is 1. The molecule has 0 unspecified atom stereocenters. The lowest BCUT2D eigenvalue weighted by molar-refractivity contribution is -0.00532. The van der Waals surface area contributed by atoms with E-state index in [-0.39, 0.29) is 5.78 Å². The summed E-state index contributed by atoms with van der Waals surface area (Å²) in [7, 11) is 0. The number of rotatable bonds is 0. The third-order valence-electron chi connectivity index (χ3n) is 4.01. The lowest BCUT2D eigenvalue weighted by Crippen LogP contribution is -2.52. The van der Waals surface area contributed by atoms with Crippen LogP contribution in [0.2, 0.25) is 0 Å². The fourth-order valence-electron chi connectivity index (χ4n) is 2.89. The summed E-state index contributed by atoms with van der Waals surface area (Å²) in [6.07, 6.45) is 0.566. The van der Waals surface area contributed by atoms with Crippen molar-refractivity contribution in [3.63, 3.8) is 0 Å². The van der Waals surface area contributed by atoms with Gasteiger partial charge in [0, 0.05) is 29.5 Å². The number of hydrogen-bond acceptors (Lipinski definition) is 3. The van der Waals surface area contributed by atoms with Gasteiger partial charge < -0.3 is 14.7 Å². The van der Waals surface area contributed by atoms with Crippen molar-refractivity contribution in [3.05, 3.63) is 27.3 Å². The minimum Gasteiger partial charge on any atom is -0.486 e. The smallest absolute Gasteiger partial charge is 0.407 e. The molecule has 0 radical (unpaired) electrons. The summed E-state index contributed by atoms with van der Waals surface area (Å²) in [5.74, 6) is 0.733. The number of halogens is 1. The largest absolute Gasteiger partial charge is 0.486 e. The number of Topliss-reactive ketones (excluding diaryl/α,β-unsaturated/α-hetero) is 1. The molecule has 1 saturated heterocycles. The number of ether oxygens (including phenoxy) is 1. The summed E-state index contributed by atoms with van der Waals surface area (Å²) in [4.78, 5) is 24.7. The van der Waals surface area contributed by atoms with Crippen molar-refractivity contribution in [2.75, 3.05) is 13.1 Å². The van der Waals surface area contributed by atoms with Gasteiger partial charge in [0.1, 0.15) is 11.4 Å². The topological polar surface area (TPSA) is 66.8 Å². The van der Waals surface area contributed by atoms with Gasteiger partial charge in [-0.15, -0.1) is 0 Å². The highest BCUT2D eigenvalue weighted by atomic mass is 127. The van der Waals surface area contributed by atoms with Crippen LogP contribution in [-0.2, 0) is 0 Å². The zero-order valence-electron chi connectivity index (χ0n) is 10.8. The van der Waals surface area contributed by atoms with E-state index in [4.69, 9.17) is 9.84 Å². The van der Waals surface area contributed by atoms with Crippen molar-refractivity contribution >= 4 is 34.5 Å². The molecule has 1 N–H and O–H groups in total. The molecule has 5 nitrogen and oxygen atoms in total. The number of carbonyl (C=O) groups excluding carboxylic acids is 1. The maximum absolute atomic E-state index is 12.4. The maximum Gasteiger partial charge on any atom is 0.407 e. The molecule has 3 rings (SSSR count). The zero-order valence-corrected chi connectivity index (χ0v) is 12.9. The second-order valence-electron chi connectivity index (χ2n) is 5.27. The van der Waals surface area contributed by atoms with Crippen LogP contribution in [0.1, 0.15) is 29.6 Å². The molecule has 20 heavy (non-hydrogen) atoms.